The van der Waals surface area contributed by atoms with Gasteiger partial charge in [0.15, 0.2) is 12.6 Å². The highest BCUT2D eigenvalue weighted by molar-refractivity contribution is 5.76. The van der Waals surface area contributed by atoms with Crippen molar-refractivity contribution in [3.8, 4) is 0 Å². The fourth-order valence-electron chi connectivity index (χ4n) is 9.57. The van der Waals surface area contributed by atoms with E-state index in [1.54, 1.807) is 6.08 Å². The Kier molecular flexibility index (Phi) is 48.9. The maximum Gasteiger partial charge on any atom is 0.220 e. The first-order valence-electron chi connectivity index (χ1n) is 32.6. The number of unbranched alkanes of at least 4 members (excludes halogenated alkanes) is 15. The van der Waals surface area contributed by atoms with Crippen LogP contribution in [0.3, 0.4) is 0 Å². The first-order chi connectivity index (χ1) is 41.6. The van der Waals surface area contributed by atoms with Gasteiger partial charge in [0.05, 0.1) is 32.0 Å². The lowest BCUT2D eigenvalue weighted by Crippen LogP contribution is -2.65. The van der Waals surface area contributed by atoms with Crippen molar-refractivity contribution < 1.29 is 64.6 Å². The monoisotopic (exact) mass is 1190 g/mol. The van der Waals surface area contributed by atoms with E-state index in [1.807, 2.05) is 6.08 Å². The van der Waals surface area contributed by atoms with Gasteiger partial charge in [0.2, 0.25) is 5.91 Å². The van der Waals surface area contributed by atoms with Gasteiger partial charge in [-0.2, -0.15) is 0 Å². The molecule has 2 saturated heterocycles. The largest absolute Gasteiger partial charge is 0.394 e. The fourth-order valence-corrected chi connectivity index (χ4v) is 9.57. The second-order valence-electron chi connectivity index (χ2n) is 22.1. The van der Waals surface area contributed by atoms with Gasteiger partial charge in [-0.05, 0) is 109 Å². The predicted molar refractivity (Wildman–Crippen MR) is 345 cm³/mol. The molecule has 2 aliphatic rings. The molecule has 482 valence electrons. The number of allylic oxidation sites excluding steroid dienone is 23. The van der Waals surface area contributed by atoms with Gasteiger partial charge in [-0.3, -0.25) is 4.79 Å². The van der Waals surface area contributed by atoms with Crippen LogP contribution in [-0.2, 0) is 23.7 Å². The highest BCUT2D eigenvalue weighted by Gasteiger charge is 2.51. The Labute approximate surface area is 513 Å². The van der Waals surface area contributed by atoms with E-state index >= 15 is 0 Å². The van der Waals surface area contributed by atoms with Crippen LogP contribution in [0, 0.1) is 0 Å². The molecule has 12 unspecified atom stereocenters. The third kappa shape index (κ3) is 38.7. The van der Waals surface area contributed by atoms with Crippen LogP contribution in [0.2, 0.25) is 0 Å². The molecule has 14 nitrogen and oxygen atoms in total. The molecular formula is C71H115NO13. The molecule has 0 aromatic heterocycles. The van der Waals surface area contributed by atoms with Crippen molar-refractivity contribution in [2.75, 3.05) is 19.8 Å². The van der Waals surface area contributed by atoms with E-state index in [-0.39, 0.29) is 18.9 Å². The van der Waals surface area contributed by atoms with Crippen LogP contribution in [0.1, 0.15) is 200 Å². The van der Waals surface area contributed by atoms with Crippen LogP contribution >= 0.6 is 0 Å². The number of rotatable bonds is 50. The van der Waals surface area contributed by atoms with E-state index in [0.717, 1.165) is 116 Å². The summed E-state index contributed by atoms with van der Waals surface area (Å²) < 4.78 is 22.7. The summed E-state index contributed by atoms with van der Waals surface area (Å²) in [5.41, 5.74) is 0. The number of nitrogens with one attached hydrogen (secondary N) is 1. The van der Waals surface area contributed by atoms with Gasteiger partial charge in [0.1, 0.15) is 48.8 Å². The predicted octanol–water partition coefficient (Wildman–Crippen LogP) is 12.5. The van der Waals surface area contributed by atoms with Crippen molar-refractivity contribution in [1.29, 1.82) is 0 Å². The molecule has 0 bridgehead atoms. The van der Waals surface area contributed by atoms with Crippen LogP contribution in [0.25, 0.3) is 0 Å². The van der Waals surface area contributed by atoms with Crippen LogP contribution in [0.4, 0.5) is 0 Å². The number of ether oxygens (including phenoxy) is 4. The molecule has 1 amide bonds. The second-order valence-corrected chi connectivity index (χ2v) is 22.1. The summed E-state index contributed by atoms with van der Waals surface area (Å²) >= 11 is 0. The number of amides is 1. The van der Waals surface area contributed by atoms with Crippen LogP contribution < -0.4 is 5.32 Å². The molecule has 0 aromatic carbocycles. The van der Waals surface area contributed by atoms with Crippen LogP contribution in [0.5, 0.6) is 0 Å². The normalized spacial score (nSPS) is 24.5. The molecule has 0 spiro atoms. The van der Waals surface area contributed by atoms with E-state index in [2.05, 4.69) is 153 Å². The Balaban J connectivity index is 1.68. The van der Waals surface area contributed by atoms with Gasteiger partial charge < -0.3 is 65.1 Å². The zero-order chi connectivity index (χ0) is 61.6. The van der Waals surface area contributed by atoms with Crippen molar-refractivity contribution in [3.63, 3.8) is 0 Å². The van der Waals surface area contributed by atoms with Crippen molar-refractivity contribution in [2.24, 2.45) is 0 Å². The Morgan fingerprint density at radius 1 is 0.435 bits per heavy atom. The highest BCUT2D eigenvalue weighted by atomic mass is 16.7. The molecular weight excluding hydrogens is 1070 g/mol. The molecule has 0 saturated carbocycles. The Morgan fingerprint density at radius 3 is 1.29 bits per heavy atom. The third-order valence-corrected chi connectivity index (χ3v) is 14.8. The van der Waals surface area contributed by atoms with E-state index in [9.17, 15) is 45.6 Å². The lowest BCUT2D eigenvalue weighted by atomic mass is 9.97. The van der Waals surface area contributed by atoms with Crippen molar-refractivity contribution >= 4 is 5.91 Å². The van der Waals surface area contributed by atoms with E-state index in [0.29, 0.717) is 12.8 Å². The summed E-state index contributed by atoms with van der Waals surface area (Å²) in [4.78, 5) is 13.3. The minimum atomic E-state index is -1.80. The van der Waals surface area contributed by atoms with E-state index < -0.39 is 86.8 Å². The first-order valence-corrected chi connectivity index (χ1v) is 32.6. The quantitative estimate of drug-likeness (QED) is 0.0204. The van der Waals surface area contributed by atoms with Gasteiger partial charge in [0, 0.05) is 6.42 Å². The molecule has 2 aliphatic heterocycles. The molecule has 12 atom stereocenters. The standard InChI is InChI=1S/C71H115NO13/c1-3-5-7-9-11-13-15-17-19-20-21-22-23-24-25-26-27-28-29-30-31-32-33-34-35-36-37-38-39-40-41-43-45-47-49-51-53-55-63(76)72-59(60(75)54-52-50-48-46-44-42-18-16-14-12-10-8-6-4-2)58-82-70-68(81)66(79)69(62(57-74)84-70)85-71-67(80)65(78)64(77)61(56-73)83-71/h5,7,11,13,17,19,21-22,24-25,27-28,30-31,33-34,36-37,39-40,44,46,52,54,59-62,64-71,73-75,77-81H,3-4,6,8-10,12,14-16,18,20,23,26,29,32,35,38,41-43,45,47-51,53,55-58H2,1-2H3,(H,72,76)/b7-5-,13-11-,19-17-,22-21-,25-24-,28-27-,31-30-,34-33-,37-36-,40-39-,46-44+,54-52+. The van der Waals surface area contributed by atoms with E-state index in [4.69, 9.17) is 18.9 Å². The third-order valence-electron chi connectivity index (χ3n) is 14.8. The van der Waals surface area contributed by atoms with Crippen LogP contribution in [-0.4, -0.2) is 140 Å². The highest BCUT2D eigenvalue weighted by Crippen LogP contribution is 2.30. The SMILES string of the molecule is CC/C=C\C/C=C\C/C=C\C/C=C\C/C=C\C/C=C\C/C=C\C/C=C\C/C=C\C/C=C\CCCCCCCCC(=O)NC(COC1OC(CO)C(OC2OC(CO)C(O)C(O)C2O)C(O)C1O)C(O)/C=C/CC/C=C/CCCCCCCCCC. The zero-order valence-electron chi connectivity index (χ0n) is 52.0. The maximum absolute atomic E-state index is 13.3. The molecule has 9 N–H and O–H groups in total. The smallest absolute Gasteiger partial charge is 0.220 e. The average molecular weight is 1190 g/mol. The van der Waals surface area contributed by atoms with Crippen molar-refractivity contribution in [3.05, 3.63) is 146 Å². The summed E-state index contributed by atoms with van der Waals surface area (Å²) in [7, 11) is 0. The van der Waals surface area contributed by atoms with Gasteiger partial charge in [-0.1, -0.05) is 230 Å². The lowest BCUT2D eigenvalue weighted by Gasteiger charge is -2.46. The fraction of sp³-hybridized carbons (Fsp3) is 0.648. The minimum absolute atomic E-state index is 0.246. The molecule has 2 heterocycles. The summed E-state index contributed by atoms with van der Waals surface area (Å²) in [5, 5.41) is 87.1. The molecule has 14 heteroatoms. The number of carbonyl (C=O) groups excluding carboxylic acids is 1. The molecule has 0 aliphatic carbocycles. The molecule has 0 aromatic rings. The van der Waals surface area contributed by atoms with Gasteiger partial charge >= 0.3 is 0 Å². The maximum atomic E-state index is 13.3. The van der Waals surface area contributed by atoms with Gasteiger partial charge in [-0.15, -0.1) is 0 Å². The number of hydrogen-bond donors (Lipinski definition) is 9. The summed E-state index contributed by atoms with van der Waals surface area (Å²) in [6, 6.07) is -0.950. The summed E-state index contributed by atoms with van der Waals surface area (Å²) in [6.45, 7) is 2.62. The Bertz CT molecular complexity index is 1980. The second kappa shape index (κ2) is 54.1. The lowest BCUT2D eigenvalue weighted by molar-refractivity contribution is -0.359. The summed E-state index contributed by atoms with van der Waals surface area (Å²) in [5.74, 6) is -0.271. The van der Waals surface area contributed by atoms with Gasteiger partial charge in [0.25, 0.3) is 0 Å². The number of carbonyl (C=O) groups is 1. The van der Waals surface area contributed by atoms with Gasteiger partial charge in [-0.25, -0.2) is 0 Å². The molecule has 0 radical (unpaired) electrons. The Hall–Kier alpha value is -4.13. The van der Waals surface area contributed by atoms with Crippen LogP contribution in [0.15, 0.2) is 146 Å². The minimum Gasteiger partial charge on any atom is -0.394 e. The molecule has 2 rings (SSSR count). The Morgan fingerprint density at radius 2 is 0.824 bits per heavy atom. The van der Waals surface area contributed by atoms with Crippen molar-refractivity contribution in [1.82, 2.24) is 5.32 Å². The molecule has 2 fully saturated rings. The zero-order valence-corrected chi connectivity index (χ0v) is 52.0. The topological polar surface area (TPSA) is 228 Å². The number of aliphatic hydroxyl groups excluding tert-OH is 8. The summed E-state index contributed by atoms with van der Waals surface area (Å²) in [6.07, 6.45) is 64.7. The van der Waals surface area contributed by atoms with E-state index in [1.165, 1.54) is 51.4 Å². The first kappa shape index (κ1) is 77.0. The van der Waals surface area contributed by atoms with Crippen molar-refractivity contribution in [2.45, 2.75) is 274 Å². The number of aliphatic hydroxyl groups is 8. The number of hydrogen-bond acceptors (Lipinski definition) is 13. The molecule has 85 heavy (non-hydrogen) atoms. The average Bonchev–Trinajstić information content (AvgIpc) is 3.65.